The first-order chi connectivity index (χ1) is 17.8. The van der Waals surface area contributed by atoms with Crippen LogP contribution in [0.15, 0.2) is 69.5 Å². The van der Waals surface area contributed by atoms with Crippen molar-refractivity contribution in [3.63, 3.8) is 0 Å². The lowest BCUT2D eigenvalue weighted by Crippen LogP contribution is -2.27. The average Bonchev–Trinajstić information content (AvgIpc) is 3.56. The van der Waals surface area contributed by atoms with Crippen LogP contribution in [0.25, 0.3) is 17.0 Å². The van der Waals surface area contributed by atoms with E-state index in [1.54, 1.807) is 35.6 Å². The molecule has 3 heterocycles. The van der Waals surface area contributed by atoms with Crippen molar-refractivity contribution < 1.29 is 14.4 Å². The predicted molar refractivity (Wildman–Crippen MR) is 154 cm³/mol. The van der Waals surface area contributed by atoms with Gasteiger partial charge in [0.15, 0.2) is 0 Å². The number of hydrogen-bond acceptors (Lipinski definition) is 5. The first-order valence-electron chi connectivity index (χ1n) is 11.1. The second kappa shape index (κ2) is 11.0. The summed E-state index contributed by atoms with van der Waals surface area (Å²) in [6.45, 7) is 0.687. The summed E-state index contributed by atoms with van der Waals surface area (Å²) in [4.78, 5) is 41.0. The summed E-state index contributed by atoms with van der Waals surface area (Å²) in [6, 6.07) is 14.7. The SMILES string of the molecule is O=C(Cn1cc(/C=C2\SC(=O)N(Cc3ccc(Cl)c(Cl)c3)C2=O)c2cc(Br)ccc21)NCc1cccs1. The number of thiophene rings is 1. The van der Waals surface area contributed by atoms with Crippen LogP contribution in [0.5, 0.6) is 0 Å². The zero-order chi connectivity index (χ0) is 26.1. The third-order valence-electron chi connectivity index (χ3n) is 5.71. The summed E-state index contributed by atoms with van der Waals surface area (Å²) < 4.78 is 2.71. The van der Waals surface area contributed by atoms with Gasteiger partial charge in [-0.05, 0) is 65.2 Å². The van der Waals surface area contributed by atoms with E-state index in [4.69, 9.17) is 23.2 Å². The maximum absolute atomic E-state index is 13.1. The molecule has 37 heavy (non-hydrogen) atoms. The number of thioether (sulfide) groups is 1. The van der Waals surface area contributed by atoms with Gasteiger partial charge in [-0.3, -0.25) is 19.3 Å². The Morgan fingerprint density at radius 1 is 1.08 bits per heavy atom. The molecule has 0 bridgehead atoms. The normalized spacial score (nSPS) is 14.8. The predicted octanol–water partition coefficient (Wildman–Crippen LogP) is 7.33. The van der Waals surface area contributed by atoms with Crippen molar-refractivity contribution in [2.45, 2.75) is 19.6 Å². The number of amides is 3. The van der Waals surface area contributed by atoms with Crippen molar-refractivity contribution in [2.24, 2.45) is 0 Å². The quantitative estimate of drug-likeness (QED) is 0.216. The highest BCUT2D eigenvalue weighted by Crippen LogP contribution is 2.36. The molecule has 2 aromatic heterocycles. The Hall–Kier alpha value is -2.56. The van der Waals surface area contributed by atoms with Crippen LogP contribution in [-0.4, -0.2) is 26.5 Å². The second-order valence-corrected chi connectivity index (χ2v) is 12.0. The molecule has 11 heteroatoms. The maximum Gasteiger partial charge on any atom is 0.293 e. The number of imide groups is 1. The highest BCUT2D eigenvalue weighted by atomic mass is 79.9. The van der Waals surface area contributed by atoms with Gasteiger partial charge >= 0.3 is 0 Å². The molecule has 1 aliphatic heterocycles. The van der Waals surface area contributed by atoms with Crippen molar-refractivity contribution in [2.75, 3.05) is 0 Å². The summed E-state index contributed by atoms with van der Waals surface area (Å²) in [5, 5.41) is 6.17. The Bertz CT molecular complexity index is 1570. The fourth-order valence-electron chi connectivity index (χ4n) is 3.95. The summed E-state index contributed by atoms with van der Waals surface area (Å²) in [7, 11) is 0. The zero-order valence-corrected chi connectivity index (χ0v) is 23.8. The van der Waals surface area contributed by atoms with E-state index in [0.29, 0.717) is 27.1 Å². The Morgan fingerprint density at radius 3 is 2.68 bits per heavy atom. The minimum absolute atomic E-state index is 0.0939. The third kappa shape index (κ3) is 5.81. The van der Waals surface area contributed by atoms with E-state index >= 15 is 0 Å². The first kappa shape index (κ1) is 26.1. The number of halogens is 3. The number of benzene rings is 2. The maximum atomic E-state index is 13.1. The fraction of sp³-hybridized carbons (Fsp3) is 0.115. The molecule has 0 unspecified atom stereocenters. The van der Waals surface area contributed by atoms with Gasteiger partial charge < -0.3 is 9.88 Å². The zero-order valence-electron chi connectivity index (χ0n) is 19.0. The number of fused-ring (bicyclic) bond motifs is 1. The van der Waals surface area contributed by atoms with Gasteiger partial charge in [-0.1, -0.05) is 51.3 Å². The van der Waals surface area contributed by atoms with Crippen LogP contribution in [0.2, 0.25) is 10.0 Å². The number of nitrogens with zero attached hydrogens (tertiary/aromatic N) is 2. The lowest BCUT2D eigenvalue weighted by Gasteiger charge is -2.12. The van der Waals surface area contributed by atoms with E-state index in [-0.39, 0.29) is 30.1 Å². The summed E-state index contributed by atoms with van der Waals surface area (Å²) >= 11 is 18.0. The molecule has 0 atom stereocenters. The molecule has 0 spiro atoms. The van der Waals surface area contributed by atoms with E-state index < -0.39 is 0 Å². The number of aromatic nitrogens is 1. The van der Waals surface area contributed by atoms with Crippen LogP contribution in [0.4, 0.5) is 4.79 Å². The molecule has 0 saturated carbocycles. The Labute approximate surface area is 239 Å². The number of hydrogen-bond donors (Lipinski definition) is 1. The van der Waals surface area contributed by atoms with Gasteiger partial charge in [-0.2, -0.15) is 0 Å². The molecule has 4 aromatic rings. The molecule has 0 aliphatic carbocycles. The van der Waals surface area contributed by atoms with Crippen LogP contribution in [-0.2, 0) is 29.2 Å². The average molecular weight is 635 g/mol. The Balaban J connectivity index is 1.39. The van der Waals surface area contributed by atoms with Gasteiger partial charge in [0.05, 0.1) is 28.0 Å². The van der Waals surface area contributed by atoms with Gasteiger partial charge in [0.1, 0.15) is 6.54 Å². The second-order valence-electron chi connectivity index (χ2n) is 8.25. The summed E-state index contributed by atoms with van der Waals surface area (Å²) in [5.41, 5.74) is 2.28. The standard InChI is InChI=1S/C26H18BrCl2N3O3S2/c27-17-4-6-22-19(10-17)16(13-31(22)14-24(33)30-11-18-2-1-7-36-18)9-23-25(34)32(26(35)37-23)12-15-3-5-20(28)21(29)8-15/h1-10,13H,11-12,14H2,(H,30,33)/b23-9-. The summed E-state index contributed by atoms with van der Waals surface area (Å²) in [6.07, 6.45) is 3.53. The van der Waals surface area contributed by atoms with E-state index in [9.17, 15) is 14.4 Å². The Morgan fingerprint density at radius 2 is 1.92 bits per heavy atom. The number of nitrogens with one attached hydrogen (secondary N) is 1. The Kier molecular flexibility index (Phi) is 7.78. The molecule has 1 fully saturated rings. The van der Waals surface area contributed by atoms with Crippen molar-refractivity contribution >= 4 is 96.3 Å². The molecular weight excluding hydrogens is 617 g/mol. The molecule has 1 aliphatic rings. The molecule has 188 valence electrons. The molecule has 6 nitrogen and oxygen atoms in total. The van der Waals surface area contributed by atoms with Gasteiger partial charge in [0.25, 0.3) is 11.1 Å². The van der Waals surface area contributed by atoms with E-state index in [1.165, 1.54) is 4.90 Å². The van der Waals surface area contributed by atoms with Crippen LogP contribution < -0.4 is 5.32 Å². The largest absolute Gasteiger partial charge is 0.350 e. The number of carbonyl (C=O) groups excluding carboxylic acids is 3. The molecule has 2 aromatic carbocycles. The van der Waals surface area contributed by atoms with Crippen molar-refractivity contribution in [3.05, 3.63) is 95.5 Å². The van der Waals surface area contributed by atoms with Gasteiger partial charge in [0, 0.05) is 32.0 Å². The van der Waals surface area contributed by atoms with Crippen LogP contribution in [0, 0.1) is 0 Å². The van der Waals surface area contributed by atoms with Crippen molar-refractivity contribution in [3.8, 4) is 0 Å². The fourth-order valence-corrected chi connectivity index (χ4v) is 6.11. The number of carbonyl (C=O) groups is 3. The van der Waals surface area contributed by atoms with Crippen molar-refractivity contribution in [1.82, 2.24) is 14.8 Å². The third-order valence-corrected chi connectivity index (χ3v) is 8.73. The first-order valence-corrected chi connectivity index (χ1v) is 14.3. The van der Waals surface area contributed by atoms with Gasteiger partial charge in [-0.25, -0.2) is 0 Å². The minimum atomic E-state index is -0.384. The molecule has 5 rings (SSSR count). The van der Waals surface area contributed by atoms with Crippen LogP contribution in [0.3, 0.4) is 0 Å². The number of rotatable bonds is 7. The van der Waals surface area contributed by atoms with E-state index in [1.807, 2.05) is 46.5 Å². The monoisotopic (exact) mass is 633 g/mol. The minimum Gasteiger partial charge on any atom is -0.350 e. The highest BCUT2D eigenvalue weighted by Gasteiger charge is 2.35. The van der Waals surface area contributed by atoms with Crippen LogP contribution in [0.1, 0.15) is 16.0 Å². The molecule has 0 radical (unpaired) electrons. The lowest BCUT2D eigenvalue weighted by molar-refractivity contribution is -0.123. The van der Waals surface area contributed by atoms with Gasteiger partial charge in [0.2, 0.25) is 5.91 Å². The van der Waals surface area contributed by atoms with Crippen LogP contribution >= 0.6 is 62.2 Å². The van der Waals surface area contributed by atoms with Gasteiger partial charge in [-0.15, -0.1) is 11.3 Å². The summed E-state index contributed by atoms with van der Waals surface area (Å²) in [5.74, 6) is -0.507. The molecule has 1 N–H and O–H groups in total. The molecule has 3 amide bonds. The van der Waals surface area contributed by atoms with E-state index in [0.717, 1.165) is 37.6 Å². The molecule has 1 saturated heterocycles. The highest BCUT2D eigenvalue weighted by molar-refractivity contribution is 9.10. The van der Waals surface area contributed by atoms with Crippen molar-refractivity contribution in [1.29, 1.82) is 0 Å². The lowest BCUT2D eigenvalue weighted by atomic mass is 10.1. The topological polar surface area (TPSA) is 71.4 Å². The van der Waals surface area contributed by atoms with E-state index in [2.05, 4.69) is 21.2 Å². The molecular formula is C26H18BrCl2N3O3S2. The smallest absolute Gasteiger partial charge is 0.293 e.